The molecular formula is C18H18N2O2. The number of rotatable bonds is 4. The van der Waals surface area contributed by atoms with Crippen LogP contribution in [0.15, 0.2) is 48.5 Å². The summed E-state index contributed by atoms with van der Waals surface area (Å²) in [5.41, 5.74) is 1.57. The second-order valence-corrected chi connectivity index (χ2v) is 5.50. The Balaban J connectivity index is 2.11. The zero-order valence-corrected chi connectivity index (χ0v) is 12.9. The maximum Gasteiger partial charge on any atom is 0.255 e. The van der Waals surface area contributed by atoms with E-state index < -0.39 is 5.41 Å². The van der Waals surface area contributed by atoms with Gasteiger partial charge in [0, 0.05) is 11.3 Å². The number of hydrogen-bond donors (Lipinski definition) is 1. The fourth-order valence-corrected chi connectivity index (χ4v) is 1.98. The van der Waals surface area contributed by atoms with Crippen LogP contribution in [-0.4, -0.2) is 13.0 Å². The van der Waals surface area contributed by atoms with E-state index in [0.717, 1.165) is 11.3 Å². The van der Waals surface area contributed by atoms with Crippen LogP contribution in [0, 0.1) is 11.3 Å². The first-order valence-electron chi connectivity index (χ1n) is 6.93. The molecule has 0 aromatic heterocycles. The molecule has 0 heterocycles. The molecule has 4 nitrogen and oxygen atoms in total. The predicted octanol–water partition coefficient (Wildman–Crippen LogP) is 3.75. The fraction of sp³-hybridized carbons (Fsp3) is 0.222. The standard InChI is InChI=1S/C18H18N2O2/c1-18(2,12-19)14-6-4-13(5-7-14)17(21)20-15-8-10-16(22-3)11-9-15/h4-11H,1-3H3,(H,20,21). The molecule has 4 heteroatoms. The van der Waals surface area contributed by atoms with Crippen molar-refractivity contribution in [1.29, 1.82) is 5.26 Å². The van der Waals surface area contributed by atoms with Gasteiger partial charge in [-0.2, -0.15) is 5.26 Å². The van der Waals surface area contributed by atoms with Crippen LogP contribution in [0.3, 0.4) is 0 Å². The first-order chi connectivity index (χ1) is 10.5. The molecule has 0 aliphatic carbocycles. The monoisotopic (exact) mass is 294 g/mol. The molecule has 1 amide bonds. The van der Waals surface area contributed by atoms with Crippen molar-refractivity contribution in [3.63, 3.8) is 0 Å². The smallest absolute Gasteiger partial charge is 0.255 e. The van der Waals surface area contributed by atoms with Gasteiger partial charge in [-0.25, -0.2) is 0 Å². The minimum absolute atomic E-state index is 0.188. The maximum atomic E-state index is 12.2. The van der Waals surface area contributed by atoms with Crippen molar-refractivity contribution in [1.82, 2.24) is 0 Å². The van der Waals surface area contributed by atoms with Gasteiger partial charge in [0.25, 0.3) is 5.91 Å². The van der Waals surface area contributed by atoms with Crippen LogP contribution in [0.25, 0.3) is 0 Å². The molecule has 0 saturated carbocycles. The summed E-state index contributed by atoms with van der Waals surface area (Å²) < 4.78 is 5.08. The van der Waals surface area contributed by atoms with E-state index in [0.29, 0.717) is 11.3 Å². The van der Waals surface area contributed by atoms with E-state index in [4.69, 9.17) is 10.00 Å². The minimum atomic E-state index is -0.564. The highest BCUT2D eigenvalue weighted by Gasteiger charge is 2.19. The van der Waals surface area contributed by atoms with Gasteiger partial charge in [-0.1, -0.05) is 12.1 Å². The van der Waals surface area contributed by atoms with Crippen LogP contribution in [0.4, 0.5) is 5.69 Å². The van der Waals surface area contributed by atoms with Crippen molar-refractivity contribution >= 4 is 11.6 Å². The van der Waals surface area contributed by atoms with Crippen molar-refractivity contribution in [2.75, 3.05) is 12.4 Å². The van der Waals surface area contributed by atoms with Gasteiger partial charge in [0.1, 0.15) is 5.75 Å². The normalized spacial score (nSPS) is 10.6. The molecule has 0 atom stereocenters. The lowest BCUT2D eigenvalue weighted by molar-refractivity contribution is 0.102. The van der Waals surface area contributed by atoms with Crippen LogP contribution in [0.1, 0.15) is 29.8 Å². The number of nitrogens with zero attached hydrogens (tertiary/aromatic N) is 1. The van der Waals surface area contributed by atoms with Crippen molar-refractivity contribution in [3.8, 4) is 11.8 Å². The number of nitrogens with one attached hydrogen (secondary N) is 1. The average molecular weight is 294 g/mol. The molecule has 0 unspecified atom stereocenters. The van der Waals surface area contributed by atoms with E-state index in [1.54, 1.807) is 43.5 Å². The molecule has 2 rings (SSSR count). The lowest BCUT2D eigenvalue weighted by Crippen LogP contribution is -2.15. The Morgan fingerprint density at radius 3 is 2.18 bits per heavy atom. The third kappa shape index (κ3) is 3.44. The van der Waals surface area contributed by atoms with Gasteiger partial charge in [-0.3, -0.25) is 4.79 Å². The Kier molecular flexibility index (Phi) is 4.47. The Labute approximate surface area is 130 Å². The van der Waals surface area contributed by atoms with Gasteiger partial charge in [-0.05, 0) is 55.8 Å². The molecule has 112 valence electrons. The molecule has 0 saturated heterocycles. The zero-order chi connectivity index (χ0) is 16.2. The van der Waals surface area contributed by atoms with Gasteiger partial charge in [0.2, 0.25) is 0 Å². The summed E-state index contributed by atoms with van der Waals surface area (Å²) in [5, 5.41) is 11.9. The van der Waals surface area contributed by atoms with E-state index in [-0.39, 0.29) is 5.91 Å². The number of nitriles is 1. The maximum absolute atomic E-state index is 12.2. The topological polar surface area (TPSA) is 62.1 Å². The first-order valence-corrected chi connectivity index (χ1v) is 6.93. The van der Waals surface area contributed by atoms with Gasteiger partial charge in [-0.15, -0.1) is 0 Å². The number of anilines is 1. The van der Waals surface area contributed by atoms with Crippen LogP contribution < -0.4 is 10.1 Å². The van der Waals surface area contributed by atoms with Crippen LogP contribution in [-0.2, 0) is 5.41 Å². The second kappa shape index (κ2) is 6.31. The highest BCUT2D eigenvalue weighted by atomic mass is 16.5. The Morgan fingerprint density at radius 1 is 1.09 bits per heavy atom. The third-order valence-corrected chi connectivity index (χ3v) is 3.50. The lowest BCUT2D eigenvalue weighted by atomic mass is 9.86. The number of carbonyl (C=O) groups is 1. The number of benzene rings is 2. The summed E-state index contributed by atoms with van der Waals surface area (Å²) in [6.45, 7) is 3.69. The minimum Gasteiger partial charge on any atom is -0.497 e. The van der Waals surface area contributed by atoms with Crippen LogP contribution >= 0.6 is 0 Å². The van der Waals surface area contributed by atoms with Crippen molar-refractivity contribution in [3.05, 3.63) is 59.7 Å². The molecule has 0 bridgehead atoms. The van der Waals surface area contributed by atoms with E-state index in [1.807, 2.05) is 26.0 Å². The fourth-order valence-electron chi connectivity index (χ4n) is 1.98. The molecule has 2 aromatic rings. The first kappa shape index (κ1) is 15.6. The number of hydrogen-bond acceptors (Lipinski definition) is 3. The number of ether oxygens (including phenoxy) is 1. The highest BCUT2D eigenvalue weighted by molar-refractivity contribution is 6.04. The zero-order valence-electron chi connectivity index (χ0n) is 12.9. The van der Waals surface area contributed by atoms with E-state index in [1.165, 1.54) is 0 Å². The van der Waals surface area contributed by atoms with Gasteiger partial charge >= 0.3 is 0 Å². The molecular weight excluding hydrogens is 276 g/mol. The molecule has 0 fully saturated rings. The van der Waals surface area contributed by atoms with E-state index in [9.17, 15) is 4.79 Å². The molecule has 0 radical (unpaired) electrons. The van der Waals surface area contributed by atoms with Gasteiger partial charge in [0.05, 0.1) is 18.6 Å². The summed E-state index contributed by atoms with van der Waals surface area (Å²) in [4.78, 5) is 12.2. The molecule has 0 aliphatic heterocycles. The van der Waals surface area contributed by atoms with Gasteiger partial charge < -0.3 is 10.1 Å². The average Bonchev–Trinajstić information content (AvgIpc) is 2.55. The van der Waals surface area contributed by atoms with Crippen molar-refractivity contribution in [2.45, 2.75) is 19.3 Å². The predicted molar refractivity (Wildman–Crippen MR) is 86.0 cm³/mol. The Bertz CT molecular complexity index is 695. The SMILES string of the molecule is COc1ccc(NC(=O)c2ccc(C(C)(C)C#N)cc2)cc1. The van der Waals surface area contributed by atoms with Gasteiger partial charge in [0.15, 0.2) is 0 Å². The molecule has 2 aromatic carbocycles. The third-order valence-electron chi connectivity index (χ3n) is 3.50. The Hall–Kier alpha value is -2.80. The molecule has 0 spiro atoms. The lowest BCUT2D eigenvalue weighted by Gasteiger charge is -2.15. The van der Waals surface area contributed by atoms with E-state index >= 15 is 0 Å². The van der Waals surface area contributed by atoms with E-state index in [2.05, 4.69) is 11.4 Å². The summed E-state index contributed by atoms with van der Waals surface area (Å²) in [6, 6.07) is 16.5. The highest BCUT2D eigenvalue weighted by Crippen LogP contribution is 2.22. The number of methoxy groups -OCH3 is 1. The largest absolute Gasteiger partial charge is 0.497 e. The van der Waals surface area contributed by atoms with Crippen molar-refractivity contribution < 1.29 is 9.53 Å². The number of amides is 1. The van der Waals surface area contributed by atoms with Crippen LogP contribution in [0.2, 0.25) is 0 Å². The molecule has 22 heavy (non-hydrogen) atoms. The summed E-state index contributed by atoms with van der Waals surface area (Å²) in [7, 11) is 1.60. The quantitative estimate of drug-likeness (QED) is 0.934. The Morgan fingerprint density at radius 2 is 1.68 bits per heavy atom. The van der Waals surface area contributed by atoms with Crippen molar-refractivity contribution in [2.24, 2.45) is 0 Å². The molecule has 1 N–H and O–H groups in total. The summed E-state index contributed by atoms with van der Waals surface area (Å²) in [6.07, 6.45) is 0. The molecule has 0 aliphatic rings. The number of carbonyl (C=O) groups excluding carboxylic acids is 1. The second-order valence-electron chi connectivity index (χ2n) is 5.50. The summed E-state index contributed by atoms with van der Waals surface area (Å²) >= 11 is 0. The summed E-state index contributed by atoms with van der Waals surface area (Å²) in [5.74, 6) is 0.549. The van der Waals surface area contributed by atoms with Crippen LogP contribution in [0.5, 0.6) is 5.75 Å².